The first-order valence-electron chi connectivity index (χ1n) is 5.40. The maximum atomic E-state index is 10.8. The van der Waals surface area contributed by atoms with Crippen LogP contribution >= 0.6 is 43.5 Å². The maximum absolute atomic E-state index is 10.8. The Morgan fingerprint density at radius 2 is 1.87 bits per heavy atom. The van der Waals surface area contributed by atoms with Crippen LogP contribution in [0.3, 0.4) is 0 Å². The highest BCUT2D eigenvalue weighted by atomic mass is 79.9. The van der Waals surface area contributed by atoms with Gasteiger partial charge in [0.15, 0.2) is 0 Å². The van der Waals surface area contributed by atoms with E-state index in [1.807, 2.05) is 0 Å². The van der Waals surface area contributed by atoms with Gasteiger partial charge in [-0.2, -0.15) is 4.91 Å². The van der Waals surface area contributed by atoms with Crippen molar-refractivity contribution in [2.75, 3.05) is 0 Å². The van der Waals surface area contributed by atoms with Gasteiger partial charge >= 0.3 is 0 Å². The molecule has 2 nitrogen and oxygen atoms in total. The summed E-state index contributed by atoms with van der Waals surface area (Å²) < 4.78 is 0. The highest BCUT2D eigenvalue weighted by Gasteiger charge is 2.63. The second kappa shape index (κ2) is 3.67. The monoisotopic (exact) mass is 355 g/mol. The van der Waals surface area contributed by atoms with E-state index >= 15 is 0 Å². The van der Waals surface area contributed by atoms with Gasteiger partial charge in [-0.05, 0) is 36.5 Å². The molecule has 3 rings (SSSR count). The van der Waals surface area contributed by atoms with Crippen LogP contribution < -0.4 is 0 Å². The SMILES string of the molecule is O=N[C@@H]1[C@H](Cl)[C@H]2C[C@@H]1[C@H]1[C@@H](Br)[C@@H](Br)C[C@@H]21. The Balaban J connectivity index is 1.92. The van der Waals surface area contributed by atoms with Crippen LogP contribution in [0.15, 0.2) is 5.18 Å². The van der Waals surface area contributed by atoms with Crippen LogP contribution in [0.1, 0.15) is 12.8 Å². The van der Waals surface area contributed by atoms with Crippen LogP contribution in [0.25, 0.3) is 0 Å². The Bertz CT molecular complexity index is 303. The lowest BCUT2D eigenvalue weighted by atomic mass is 9.79. The first-order chi connectivity index (χ1) is 7.15. The number of hydrogen-bond donors (Lipinski definition) is 0. The van der Waals surface area contributed by atoms with Crippen molar-refractivity contribution < 1.29 is 0 Å². The molecule has 3 aliphatic rings. The van der Waals surface area contributed by atoms with E-state index in [1.54, 1.807) is 0 Å². The van der Waals surface area contributed by atoms with Crippen molar-refractivity contribution in [3.8, 4) is 0 Å². The molecule has 3 saturated carbocycles. The zero-order valence-corrected chi connectivity index (χ0v) is 12.0. The van der Waals surface area contributed by atoms with Crippen molar-refractivity contribution in [2.24, 2.45) is 28.8 Å². The molecule has 3 aliphatic carbocycles. The van der Waals surface area contributed by atoms with Gasteiger partial charge in [-0.3, -0.25) is 0 Å². The zero-order chi connectivity index (χ0) is 10.7. The van der Waals surface area contributed by atoms with E-state index < -0.39 is 0 Å². The highest BCUT2D eigenvalue weighted by molar-refractivity contribution is 9.12. The first-order valence-corrected chi connectivity index (χ1v) is 7.66. The zero-order valence-electron chi connectivity index (χ0n) is 8.02. The fourth-order valence-electron chi connectivity index (χ4n) is 4.04. The van der Waals surface area contributed by atoms with E-state index in [0.717, 1.165) is 6.42 Å². The number of rotatable bonds is 1. The second-order valence-corrected chi connectivity index (χ2v) is 7.78. The topological polar surface area (TPSA) is 29.4 Å². The molecular weight excluding hydrogens is 345 g/mol. The predicted molar refractivity (Wildman–Crippen MR) is 67.8 cm³/mol. The van der Waals surface area contributed by atoms with Crippen molar-refractivity contribution in [3.63, 3.8) is 0 Å². The van der Waals surface area contributed by atoms with E-state index in [0.29, 0.717) is 33.3 Å². The molecule has 0 aromatic rings. The van der Waals surface area contributed by atoms with Crippen LogP contribution in [0.4, 0.5) is 0 Å². The average molecular weight is 357 g/mol. The lowest BCUT2D eigenvalue weighted by Gasteiger charge is -2.32. The number of hydrogen-bond acceptors (Lipinski definition) is 2. The van der Waals surface area contributed by atoms with Gasteiger partial charge in [0.25, 0.3) is 0 Å². The van der Waals surface area contributed by atoms with Crippen LogP contribution in [-0.4, -0.2) is 21.1 Å². The summed E-state index contributed by atoms with van der Waals surface area (Å²) in [4.78, 5) is 11.8. The molecule has 0 aliphatic heterocycles. The van der Waals surface area contributed by atoms with Gasteiger partial charge in [0.05, 0.1) is 5.38 Å². The summed E-state index contributed by atoms with van der Waals surface area (Å²) in [6.45, 7) is 0. The smallest absolute Gasteiger partial charge is 0.112 e. The molecule has 0 N–H and O–H groups in total. The van der Waals surface area contributed by atoms with Gasteiger partial charge in [0.1, 0.15) is 6.04 Å². The fraction of sp³-hybridized carbons (Fsp3) is 1.00. The van der Waals surface area contributed by atoms with E-state index in [9.17, 15) is 4.91 Å². The number of nitroso groups, excluding NO2 is 1. The molecule has 0 heterocycles. The van der Waals surface area contributed by atoms with Gasteiger partial charge < -0.3 is 0 Å². The molecule has 15 heavy (non-hydrogen) atoms. The number of fused-ring (bicyclic) bond motifs is 5. The molecule has 0 spiro atoms. The van der Waals surface area contributed by atoms with Crippen LogP contribution in [0.5, 0.6) is 0 Å². The molecular formula is C10H12Br2ClNO. The molecule has 5 heteroatoms. The van der Waals surface area contributed by atoms with Gasteiger partial charge in [-0.25, -0.2) is 0 Å². The number of nitrogens with zero attached hydrogens (tertiary/aromatic N) is 1. The summed E-state index contributed by atoms with van der Waals surface area (Å²) in [7, 11) is 0. The summed E-state index contributed by atoms with van der Waals surface area (Å²) in [5.74, 6) is 2.25. The standard InChI is InChI=1S/C10H12Br2ClNO/c11-6-2-3-4-1-5(7(3)8(6)12)10(14-15)9(4)13/h3-10H,1-2H2/t3-,4-,5+,6-,7-,8-,9+,10-/m0/s1. The van der Waals surface area contributed by atoms with E-state index in [1.165, 1.54) is 6.42 Å². The molecule has 0 unspecified atom stereocenters. The number of alkyl halides is 3. The third-order valence-corrected chi connectivity index (χ3v) is 8.07. The molecule has 0 saturated heterocycles. The maximum Gasteiger partial charge on any atom is 0.112 e. The Hall–Kier alpha value is 0.850. The van der Waals surface area contributed by atoms with Gasteiger partial charge in [-0.1, -0.05) is 37.0 Å². The largest absolute Gasteiger partial charge is 0.150 e. The summed E-state index contributed by atoms with van der Waals surface area (Å²) >= 11 is 13.8. The van der Waals surface area contributed by atoms with Crippen LogP contribution in [-0.2, 0) is 0 Å². The lowest BCUT2D eigenvalue weighted by molar-refractivity contribution is 0.243. The molecule has 0 radical (unpaired) electrons. The molecule has 0 aromatic carbocycles. The Labute approximate surface area is 111 Å². The molecule has 0 amide bonds. The molecule has 8 atom stereocenters. The fourth-order valence-corrected chi connectivity index (χ4v) is 6.35. The minimum absolute atomic E-state index is 0.00810. The summed E-state index contributed by atoms with van der Waals surface area (Å²) in [6.07, 6.45) is 2.30. The van der Waals surface area contributed by atoms with Crippen LogP contribution in [0, 0.1) is 28.6 Å². The number of halogens is 3. The van der Waals surface area contributed by atoms with Crippen LogP contribution in [0.2, 0.25) is 0 Å². The lowest BCUT2D eigenvalue weighted by Crippen LogP contribution is -2.38. The third kappa shape index (κ3) is 1.34. The minimum Gasteiger partial charge on any atom is -0.150 e. The average Bonchev–Trinajstić information content (AvgIpc) is 2.79. The highest BCUT2D eigenvalue weighted by Crippen LogP contribution is 2.63. The normalized spacial score (nSPS) is 62.1. The summed E-state index contributed by atoms with van der Waals surface area (Å²) in [5.41, 5.74) is 0. The Kier molecular flexibility index (Phi) is 2.69. The van der Waals surface area contributed by atoms with Crippen molar-refractivity contribution in [1.29, 1.82) is 0 Å². The molecule has 0 aromatic heterocycles. The van der Waals surface area contributed by atoms with Crippen molar-refractivity contribution in [2.45, 2.75) is 33.9 Å². The van der Waals surface area contributed by atoms with Gasteiger partial charge in [0.2, 0.25) is 0 Å². The van der Waals surface area contributed by atoms with E-state index in [-0.39, 0.29) is 11.4 Å². The van der Waals surface area contributed by atoms with E-state index in [4.69, 9.17) is 11.6 Å². The van der Waals surface area contributed by atoms with E-state index in [2.05, 4.69) is 37.0 Å². The van der Waals surface area contributed by atoms with Crippen molar-refractivity contribution >= 4 is 43.5 Å². The quantitative estimate of drug-likeness (QED) is 0.521. The third-order valence-electron chi connectivity index (χ3n) is 4.59. The Morgan fingerprint density at radius 3 is 2.53 bits per heavy atom. The minimum atomic E-state index is -0.143. The van der Waals surface area contributed by atoms with Crippen molar-refractivity contribution in [1.82, 2.24) is 0 Å². The molecule has 84 valence electrons. The van der Waals surface area contributed by atoms with Gasteiger partial charge in [-0.15, -0.1) is 11.6 Å². The predicted octanol–water partition coefficient (Wildman–Crippen LogP) is 3.54. The van der Waals surface area contributed by atoms with Gasteiger partial charge in [0, 0.05) is 9.65 Å². The second-order valence-electron chi connectivity index (χ2n) is 5.04. The van der Waals surface area contributed by atoms with Crippen molar-refractivity contribution in [3.05, 3.63) is 4.91 Å². The summed E-state index contributed by atoms with van der Waals surface area (Å²) in [5, 5.41) is 3.24. The molecule has 2 bridgehead atoms. The Morgan fingerprint density at radius 1 is 1.13 bits per heavy atom. The first kappa shape index (κ1) is 11.0. The molecule has 3 fully saturated rings. The summed E-state index contributed by atoms with van der Waals surface area (Å²) in [6, 6.07) is -0.143.